The zero-order chi connectivity index (χ0) is 15.8. The maximum absolute atomic E-state index is 12.0. The van der Waals surface area contributed by atoms with Gasteiger partial charge in [-0.2, -0.15) is 0 Å². The van der Waals surface area contributed by atoms with Crippen molar-refractivity contribution in [2.75, 3.05) is 11.9 Å². The van der Waals surface area contributed by atoms with Crippen LogP contribution in [-0.4, -0.2) is 29.6 Å². The molecule has 1 aromatic carbocycles. The van der Waals surface area contributed by atoms with Gasteiger partial charge in [-0.25, -0.2) is 0 Å². The molecule has 0 saturated heterocycles. The molecule has 1 aromatic rings. The fraction of sp³-hybridized carbons (Fsp3) is 0.500. The summed E-state index contributed by atoms with van der Waals surface area (Å²) in [5, 5.41) is 14.3. The second-order valence-electron chi connectivity index (χ2n) is 4.87. The van der Waals surface area contributed by atoms with Crippen LogP contribution in [-0.2, 0) is 22.4 Å². The first-order valence-corrected chi connectivity index (χ1v) is 7.40. The Morgan fingerprint density at radius 3 is 2.10 bits per heavy atom. The number of aliphatic hydroxyl groups excluding tert-OH is 1. The fourth-order valence-electron chi connectivity index (χ4n) is 2.10. The van der Waals surface area contributed by atoms with E-state index in [0.29, 0.717) is 6.42 Å². The van der Waals surface area contributed by atoms with Gasteiger partial charge in [0.1, 0.15) is 0 Å². The lowest BCUT2D eigenvalue weighted by atomic mass is 10.0. The number of nitrogens with one attached hydrogen (secondary N) is 2. The van der Waals surface area contributed by atoms with E-state index in [1.807, 2.05) is 39.0 Å². The Labute approximate surface area is 125 Å². The number of carbonyl (C=O) groups excluding carboxylic acids is 2. The van der Waals surface area contributed by atoms with Crippen molar-refractivity contribution in [1.29, 1.82) is 0 Å². The molecule has 21 heavy (non-hydrogen) atoms. The molecule has 0 aliphatic carbocycles. The third kappa shape index (κ3) is 4.56. The summed E-state index contributed by atoms with van der Waals surface area (Å²) in [5.74, 6) is -1.42. The largest absolute Gasteiger partial charge is 0.394 e. The van der Waals surface area contributed by atoms with Gasteiger partial charge in [-0.3, -0.25) is 9.59 Å². The molecule has 0 heterocycles. The van der Waals surface area contributed by atoms with Crippen molar-refractivity contribution < 1.29 is 14.7 Å². The van der Waals surface area contributed by atoms with Gasteiger partial charge in [0.05, 0.1) is 12.6 Å². The molecule has 5 heteroatoms. The molecular weight excluding hydrogens is 268 g/mol. The monoisotopic (exact) mass is 292 g/mol. The van der Waals surface area contributed by atoms with E-state index in [0.717, 1.165) is 29.7 Å². The molecule has 0 fully saturated rings. The number of amides is 2. The number of anilines is 1. The van der Waals surface area contributed by atoms with E-state index in [2.05, 4.69) is 10.6 Å². The SMILES string of the molecule is CCc1cccc(CC)c1NC(=O)C(=O)NC(CC)CO. The van der Waals surface area contributed by atoms with Gasteiger partial charge in [0.15, 0.2) is 0 Å². The molecule has 1 unspecified atom stereocenters. The van der Waals surface area contributed by atoms with Crippen molar-refractivity contribution in [3.63, 3.8) is 0 Å². The van der Waals surface area contributed by atoms with Crippen LogP contribution >= 0.6 is 0 Å². The first-order chi connectivity index (χ1) is 10.1. The van der Waals surface area contributed by atoms with Crippen molar-refractivity contribution in [2.24, 2.45) is 0 Å². The zero-order valence-electron chi connectivity index (χ0n) is 12.9. The quantitative estimate of drug-likeness (QED) is 0.697. The molecule has 2 amide bonds. The molecule has 3 N–H and O–H groups in total. The smallest absolute Gasteiger partial charge is 0.313 e. The van der Waals surface area contributed by atoms with Crippen molar-refractivity contribution >= 4 is 17.5 Å². The van der Waals surface area contributed by atoms with Gasteiger partial charge in [-0.15, -0.1) is 0 Å². The number of carbonyl (C=O) groups is 2. The minimum atomic E-state index is -0.719. The van der Waals surface area contributed by atoms with Crippen molar-refractivity contribution in [3.05, 3.63) is 29.3 Å². The summed E-state index contributed by atoms with van der Waals surface area (Å²) < 4.78 is 0. The highest BCUT2D eigenvalue weighted by atomic mass is 16.3. The van der Waals surface area contributed by atoms with E-state index in [1.54, 1.807) is 0 Å². The van der Waals surface area contributed by atoms with Crippen LogP contribution < -0.4 is 10.6 Å². The van der Waals surface area contributed by atoms with Gasteiger partial charge in [0.25, 0.3) is 0 Å². The molecular formula is C16H24N2O3. The Kier molecular flexibility index (Phi) is 6.88. The summed E-state index contributed by atoms with van der Waals surface area (Å²) in [7, 11) is 0. The normalized spacial score (nSPS) is 11.8. The predicted molar refractivity (Wildman–Crippen MR) is 83.1 cm³/mol. The average molecular weight is 292 g/mol. The van der Waals surface area contributed by atoms with Crippen LogP contribution in [0.2, 0.25) is 0 Å². The predicted octanol–water partition coefficient (Wildman–Crippen LogP) is 1.64. The lowest BCUT2D eigenvalue weighted by Gasteiger charge is -2.16. The third-order valence-electron chi connectivity index (χ3n) is 3.49. The molecule has 0 aromatic heterocycles. The lowest BCUT2D eigenvalue weighted by molar-refractivity contribution is -0.136. The molecule has 0 spiro atoms. The van der Waals surface area contributed by atoms with Crippen LogP contribution in [0, 0.1) is 0 Å². The highest BCUT2D eigenvalue weighted by Gasteiger charge is 2.19. The molecule has 5 nitrogen and oxygen atoms in total. The van der Waals surface area contributed by atoms with Gasteiger partial charge in [-0.05, 0) is 30.4 Å². The number of rotatable bonds is 6. The van der Waals surface area contributed by atoms with Gasteiger partial charge in [0, 0.05) is 5.69 Å². The average Bonchev–Trinajstić information content (AvgIpc) is 2.52. The second kappa shape index (κ2) is 8.42. The highest BCUT2D eigenvalue weighted by molar-refractivity contribution is 6.39. The molecule has 1 rings (SSSR count). The van der Waals surface area contributed by atoms with E-state index in [9.17, 15) is 9.59 Å². The summed E-state index contributed by atoms with van der Waals surface area (Å²) in [6, 6.07) is 5.44. The van der Waals surface area contributed by atoms with Crippen molar-refractivity contribution in [2.45, 2.75) is 46.1 Å². The van der Waals surface area contributed by atoms with E-state index < -0.39 is 17.9 Å². The summed E-state index contributed by atoms with van der Waals surface area (Å²) in [6.45, 7) is 5.66. The molecule has 116 valence electrons. The highest BCUT2D eigenvalue weighted by Crippen LogP contribution is 2.22. The minimum Gasteiger partial charge on any atom is -0.394 e. The number of para-hydroxylation sites is 1. The first kappa shape index (κ1) is 17.2. The summed E-state index contributed by atoms with van der Waals surface area (Å²) >= 11 is 0. The van der Waals surface area contributed by atoms with Crippen LogP contribution in [0.1, 0.15) is 38.3 Å². The van der Waals surface area contributed by atoms with E-state index in [4.69, 9.17) is 5.11 Å². The Morgan fingerprint density at radius 1 is 1.10 bits per heavy atom. The van der Waals surface area contributed by atoms with Crippen LogP contribution in [0.3, 0.4) is 0 Å². The standard InChI is InChI=1S/C16H24N2O3/c1-4-11-8-7-9-12(5-2)14(11)18-16(21)15(20)17-13(6-3)10-19/h7-9,13,19H,4-6,10H2,1-3H3,(H,17,20)(H,18,21). The second-order valence-corrected chi connectivity index (χ2v) is 4.87. The van der Waals surface area contributed by atoms with Crippen LogP contribution in [0.5, 0.6) is 0 Å². The number of hydrogen-bond donors (Lipinski definition) is 3. The van der Waals surface area contributed by atoms with Gasteiger partial charge >= 0.3 is 11.8 Å². The number of aryl methyl sites for hydroxylation is 2. The molecule has 0 saturated carbocycles. The summed E-state index contributed by atoms with van der Waals surface area (Å²) in [6.07, 6.45) is 2.12. The Bertz CT molecular complexity index is 474. The Balaban J connectivity index is 2.85. The van der Waals surface area contributed by atoms with E-state index >= 15 is 0 Å². The lowest BCUT2D eigenvalue weighted by Crippen LogP contribution is -2.43. The number of hydrogen-bond acceptors (Lipinski definition) is 3. The number of aliphatic hydroxyl groups is 1. The molecule has 0 aliphatic heterocycles. The van der Waals surface area contributed by atoms with Gasteiger partial charge < -0.3 is 15.7 Å². The molecule has 1 atom stereocenters. The minimum absolute atomic E-state index is 0.179. The maximum atomic E-state index is 12.0. The topological polar surface area (TPSA) is 78.4 Å². The Morgan fingerprint density at radius 2 is 1.67 bits per heavy atom. The molecule has 0 bridgehead atoms. The number of benzene rings is 1. The summed E-state index contributed by atoms with van der Waals surface area (Å²) in [5.41, 5.74) is 2.73. The van der Waals surface area contributed by atoms with Crippen LogP contribution in [0.15, 0.2) is 18.2 Å². The first-order valence-electron chi connectivity index (χ1n) is 7.40. The maximum Gasteiger partial charge on any atom is 0.313 e. The van der Waals surface area contributed by atoms with Crippen molar-refractivity contribution in [1.82, 2.24) is 5.32 Å². The van der Waals surface area contributed by atoms with Gasteiger partial charge in [-0.1, -0.05) is 39.0 Å². The third-order valence-corrected chi connectivity index (χ3v) is 3.49. The Hall–Kier alpha value is -1.88. The van der Waals surface area contributed by atoms with Gasteiger partial charge in [0.2, 0.25) is 0 Å². The van der Waals surface area contributed by atoms with E-state index in [1.165, 1.54) is 0 Å². The fourth-order valence-corrected chi connectivity index (χ4v) is 2.10. The van der Waals surface area contributed by atoms with Crippen molar-refractivity contribution in [3.8, 4) is 0 Å². The van der Waals surface area contributed by atoms with E-state index in [-0.39, 0.29) is 6.61 Å². The molecule has 0 aliphatic rings. The zero-order valence-corrected chi connectivity index (χ0v) is 12.9. The van der Waals surface area contributed by atoms with Crippen LogP contribution in [0.25, 0.3) is 0 Å². The summed E-state index contributed by atoms with van der Waals surface area (Å²) in [4.78, 5) is 23.9. The molecule has 0 radical (unpaired) electrons. The van der Waals surface area contributed by atoms with Crippen LogP contribution in [0.4, 0.5) is 5.69 Å².